The largest absolute Gasteiger partial charge is 0.409 e. The molecule has 1 unspecified atom stereocenters. The number of rotatable bonds is 5. The summed E-state index contributed by atoms with van der Waals surface area (Å²) >= 11 is 0. The molecule has 0 saturated heterocycles. The van der Waals surface area contributed by atoms with E-state index in [9.17, 15) is 4.79 Å². The van der Waals surface area contributed by atoms with Gasteiger partial charge in [-0.3, -0.25) is 4.79 Å². The lowest BCUT2D eigenvalue weighted by molar-refractivity contribution is -0.125. The van der Waals surface area contributed by atoms with E-state index in [1.807, 2.05) is 44.2 Å². The fourth-order valence-corrected chi connectivity index (χ4v) is 1.66. The minimum atomic E-state index is -0.619. The van der Waals surface area contributed by atoms with Gasteiger partial charge >= 0.3 is 0 Å². The zero-order valence-electron chi connectivity index (χ0n) is 11.6. The van der Waals surface area contributed by atoms with Gasteiger partial charge in [0.2, 0.25) is 5.91 Å². The highest BCUT2D eigenvalue weighted by molar-refractivity contribution is 5.88. The topological polar surface area (TPSA) is 87.7 Å². The minimum Gasteiger partial charge on any atom is -0.409 e. The summed E-state index contributed by atoms with van der Waals surface area (Å²) in [6.07, 6.45) is 0. The Kier molecular flexibility index (Phi) is 4.92. The second-order valence-electron chi connectivity index (χ2n) is 5.13. The number of hydrogen-bond acceptors (Lipinski definition) is 3. The van der Waals surface area contributed by atoms with Crippen LogP contribution in [-0.4, -0.2) is 23.5 Å². The Bertz CT molecular complexity index is 455. The van der Waals surface area contributed by atoms with Crippen LogP contribution in [0.15, 0.2) is 35.5 Å². The summed E-state index contributed by atoms with van der Waals surface area (Å²) in [5.74, 6) is -0.186. The summed E-state index contributed by atoms with van der Waals surface area (Å²) in [5.41, 5.74) is 5.80. The van der Waals surface area contributed by atoms with Crippen molar-refractivity contribution in [3.63, 3.8) is 0 Å². The van der Waals surface area contributed by atoms with Crippen molar-refractivity contribution in [1.82, 2.24) is 5.32 Å². The van der Waals surface area contributed by atoms with E-state index in [0.717, 1.165) is 5.56 Å². The predicted molar refractivity (Wildman–Crippen MR) is 75.1 cm³/mol. The van der Waals surface area contributed by atoms with Crippen LogP contribution in [-0.2, 0) is 10.2 Å². The summed E-state index contributed by atoms with van der Waals surface area (Å²) in [6.45, 7) is 5.85. The number of carbonyl (C=O) groups excluding carboxylic acids is 1. The quantitative estimate of drug-likeness (QED) is 0.325. The van der Waals surface area contributed by atoms with Crippen LogP contribution in [0.25, 0.3) is 0 Å². The molecule has 1 amide bonds. The molecule has 1 atom stereocenters. The van der Waals surface area contributed by atoms with Crippen LogP contribution in [0.4, 0.5) is 0 Å². The Labute approximate surface area is 113 Å². The summed E-state index contributed by atoms with van der Waals surface area (Å²) in [5, 5.41) is 14.3. The third kappa shape index (κ3) is 3.71. The van der Waals surface area contributed by atoms with E-state index in [1.165, 1.54) is 0 Å². The van der Waals surface area contributed by atoms with Gasteiger partial charge in [-0.1, -0.05) is 42.4 Å². The molecule has 0 aromatic heterocycles. The van der Waals surface area contributed by atoms with E-state index >= 15 is 0 Å². The lowest BCUT2D eigenvalue weighted by Gasteiger charge is -2.25. The van der Waals surface area contributed by atoms with E-state index in [4.69, 9.17) is 10.9 Å². The van der Waals surface area contributed by atoms with E-state index in [-0.39, 0.29) is 17.7 Å². The predicted octanol–water partition coefficient (Wildman–Crippen LogP) is 1.46. The molecule has 19 heavy (non-hydrogen) atoms. The fraction of sp³-hybridized carbons (Fsp3) is 0.429. The van der Waals surface area contributed by atoms with Crippen LogP contribution in [0.2, 0.25) is 0 Å². The van der Waals surface area contributed by atoms with Crippen LogP contribution in [0.1, 0.15) is 26.3 Å². The molecule has 5 nitrogen and oxygen atoms in total. The Morgan fingerprint density at radius 3 is 2.53 bits per heavy atom. The van der Waals surface area contributed by atoms with Crippen molar-refractivity contribution in [2.24, 2.45) is 16.8 Å². The maximum absolute atomic E-state index is 12.2. The lowest BCUT2D eigenvalue weighted by atomic mass is 9.83. The van der Waals surface area contributed by atoms with Crippen molar-refractivity contribution in [3.8, 4) is 0 Å². The van der Waals surface area contributed by atoms with Gasteiger partial charge in [0.15, 0.2) is 0 Å². The molecule has 0 spiro atoms. The number of benzene rings is 1. The molecule has 0 bridgehead atoms. The maximum Gasteiger partial charge on any atom is 0.230 e. The molecule has 0 aliphatic heterocycles. The molecule has 4 N–H and O–H groups in total. The van der Waals surface area contributed by atoms with E-state index in [2.05, 4.69) is 10.5 Å². The fourth-order valence-electron chi connectivity index (χ4n) is 1.66. The maximum atomic E-state index is 12.2. The molecule has 0 aliphatic carbocycles. The Morgan fingerprint density at radius 1 is 1.42 bits per heavy atom. The van der Waals surface area contributed by atoms with Crippen molar-refractivity contribution in [1.29, 1.82) is 0 Å². The van der Waals surface area contributed by atoms with Gasteiger partial charge in [0.25, 0.3) is 0 Å². The Morgan fingerprint density at radius 2 is 2.00 bits per heavy atom. The van der Waals surface area contributed by atoms with Crippen molar-refractivity contribution >= 4 is 11.7 Å². The van der Waals surface area contributed by atoms with Gasteiger partial charge in [-0.05, 0) is 19.4 Å². The highest BCUT2D eigenvalue weighted by atomic mass is 16.4. The number of carbonyl (C=O) groups is 1. The molecular formula is C14H21N3O2. The smallest absolute Gasteiger partial charge is 0.230 e. The highest BCUT2D eigenvalue weighted by Crippen LogP contribution is 2.22. The van der Waals surface area contributed by atoms with Crippen molar-refractivity contribution in [2.45, 2.75) is 26.2 Å². The number of oxime groups is 1. The second kappa shape index (κ2) is 6.22. The standard InChI is InChI=1S/C14H21N3O2/c1-10(12(15)17-19)9-16-13(18)14(2,3)11-7-5-4-6-8-11/h4-8,10,19H,9H2,1-3H3,(H2,15,17)(H,16,18). The van der Waals surface area contributed by atoms with Gasteiger partial charge in [0.05, 0.1) is 5.41 Å². The van der Waals surface area contributed by atoms with E-state index < -0.39 is 5.41 Å². The van der Waals surface area contributed by atoms with Gasteiger partial charge in [0.1, 0.15) is 5.84 Å². The zero-order chi connectivity index (χ0) is 14.5. The number of nitrogens with one attached hydrogen (secondary N) is 1. The van der Waals surface area contributed by atoms with Gasteiger partial charge < -0.3 is 16.3 Å². The molecule has 104 valence electrons. The van der Waals surface area contributed by atoms with Crippen molar-refractivity contribution in [3.05, 3.63) is 35.9 Å². The molecule has 1 aromatic rings. The van der Waals surface area contributed by atoms with Crippen LogP contribution in [0.3, 0.4) is 0 Å². The van der Waals surface area contributed by atoms with Crippen molar-refractivity contribution in [2.75, 3.05) is 6.54 Å². The first-order valence-electron chi connectivity index (χ1n) is 6.20. The number of hydrogen-bond donors (Lipinski definition) is 3. The van der Waals surface area contributed by atoms with Gasteiger partial charge in [-0.15, -0.1) is 0 Å². The highest BCUT2D eigenvalue weighted by Gasteiger charge is 2.29. The molecule has 0 saturated carbocycles. The molecule has 5 heteroatoms. The third-order valence-corrected chi connectivity index (χ3v) is 3.25. The van der Waals surface area contributed by atoms with Crippen LogP contribution in [0.5, 0.6) is 0 Å². The van der Waals surface area contributed by atoms with Crippen LogP contribution in [0, 0.1) is 5.92 Å². The minimum absolute atomic E-state index is 0.0868. The Balaban J connectivity index is 2.68. The van der Waals surface area contributed by atoms with Crippen molar-refractivity contribution < 1.29 is 10.0 Å². The number of amides is 1. The van der Waals surface area contributed by atoms with E-state index in [0.29, 0.717) is 6.54 Å². The summed E-state index contributed by atoms with van der Waals surface area (Å²) < 4.78 is 0. The monoisotopic (exact) mass is 263 g/mol. The first-order chi connectivity index (χ1) is 8.89. The van der Waals surface area contributed by atoms with Crippen LogP contribution >= 0.6 is 0 Å². The number of nitrogens with zero attached hydrogens (tertiary/aromatic N) is 1. The van der Waals surface area contributed by atoms with Gasteiger partial charge in [-0.2, -0.15) is 0 Å². The second-order valence-corrected chi connectivity index (χ2v) is 5.13. The average molecular weight is 263 g/mol. The summed E-state index contributed by atoms with van der Waals surface area (Å²) in [4.78, 5) is 12.2. The SMILES string of the molecule is CC(CNC(=O)C(C)(C)c1ccccc1)C(N)=NO. The average Bonchev–Trinajstić information content (AvgIpc) is 2.44. The first kappa shape index (κ1) is 15.0. The molecule has 0 fully saturated rings. The molecular weight excluding hydrogens is 242 g/mol. The summed E-state index contributed by atoms with van der Waals surface area (Å²) in [7, 11) is 0. The number of nitrogens with two attached hydrogens (primary N) is 1. The third-order valence-electron chi connectivity index (χ3n) is 3.25. The van der Waals surface area contributed by atoms with Crippen LogP contribution < -0.4 is 11.1 Å². The molecule has 0 heterocycles. The molecule has 1 aromatic carbocycles. The molecule has 1 rings (SSSR count). The van der Waals surface area contributed by atoms with E-state index in [1.54, 1.807) is 6.92 Å². The Hall–Kier alpha value is -2.04. The molecule has 0 aliphatic rings. The van der Waals surface area contributed by atoms with Gasteiger partial charge in [0, 0.05) is 12.5 Å². The van der Waals surface area contributed by atoms with Gasteiger partial charge in [-0.25, -0.2) is 0 Å². The number of amidine groups is 1. The zero-order valence-corrected chi connectivity index (χ0v) is 11.6. The first-order valence-corrected chi connectivity index (χ1v) is 6.20. The molecule has 0 radical (unpaired) electrons. The summed E-state index contributed by atoms with van der Waals surface area (Å²) in [6, 6.07) is 9.57. The normalized spacial score (nSPS) is 13.9. The lowest BCUT2D eigenvalue weighted by Crippen LogP contribution is -2.43.